The highest BCUT2D eigenvalue weighted by atomic mass is 19.1. The second kappa shape index (κ2) is 6.50. The van der Waals surface area contributed by atoms with Crippen LogP contribution >= 0.6 is 0 Å². The Morgan fingerprint density at radius 2 is 1.95 bits per heavy atom. The van der Waals surface area contributed by atoms with Crippen molar-refractivity contribution < 1.29 is 9.13 Å². The lowest BCUT2D eigenvalue weighted by Gasteiger charge is -2.33. The molecule has 0 radical (unpaired) electrons. The maximum atomic E-state index is 13.8. The van der Waals surface area contributed by atoms with Crippen LogP contribution in [0.1, 0.15) is 5.56 Å². The fourth-order valence-electron chi connectivity index (χ4n) is 2.23. The summed E-state index contributed by atoms with van der Waals surface area (Å²) in [6.45, 7) is 4.55. The summed E-state index contributed by atoms with van der Waals surface area (Å²) in [6, 6.07) is 7.13. The Morgan fingerprint density at radius 1 is 1.26 bits per heavy atom. The molecule has 1 aliphatic rings. The Hall–Kier alpha value is -1.64. The van der Waals surface area contributed by atoms with Crippen molar-refractivity contribution in [3.8, 4) is 11.8 Å². The highest BCUT2D eigenvalue weighted by Gasteiger charge is 2.17. The van der Waals surface area contributed by atoms with E-state index in [4.69, 9.17) is 10.00 Å². The lowest BCUT2D eigenvalue weighted by molar-refractivity contribution is 0.137. The third-order valence-corrected chi connectivity index (χ3v) is 3.41. The van der Waals surface area contributed by atoms with E-state index in [1.807, 2.05) is 0 Å². The summed E-state index contributed by atoms with van der Waals surface area (Å²) in [6.07, 6.45) is 0. The molecule has 0 N–H and O–H groups in total. The van der Waals surface area contributed by atoms with Crippen LogP contribution in [0.15, 0.2) is 18.2 Å². The molecule has 5 heteroatoms. The molecule has 4 nitrogen and oxygen atoms in total. The van der Waals surface area contributed by atoms with Gasteiger partial charge in [-0.05, 0) is 6.07 Å². The minimum Gasteiger partial charge on any atom is -0.497 e. The summed E-state index contributed by atoms with van der Waals surface area (Å²) in [5, 5.41) is 8.64. The second-order valence-corrected chi connectivity index (χ2v) is 4.67. The lowest BCUT2D eigenvalue weighted by Crippen LogP contribution is -2.45. The summed E-state index contributed by atoms with van der Waals surface area (Å²) < 4.78 is 18.8. The van der Waals surface area contributed by atoms with E-state index in [2.05, 4.69) is 15.9 Å². The lowest BCUT2D eigenvalue weighted by atomic mass is 10.1. The van der Waals surface area contributed by atoms with Gasteiger partial charge in [0.1, 0.15) is 11.6 Å². The number of methoxy groups -OCH3 is 1. The van der Waals surface area contributed by atoms with E-state index in [1.54, 1.807) is 12.1 Å². The average molecular weight is 263 g/mol. The number of rotatable bonds is 4. The first-order chi connectivity index (χ1) is 9.22. The number of ether oxygens (including phenoxy) is 1. The molecule has 1 aromatic rings. The van der Waals surface area contributed by atoms with Crippen LogP contribution in [0.25, 0.3) is 0 Å². The third kappa shape index (κ3) is 3.66. The van der Waals surface area contributed by atoms with Crippen LogP contribution in [-0.2, 0) is 6.54 Å². The molecule has 0 atom stereocenters. The predicted octanol–water partition coefficient (Wildman–Crippen LogP) is 1.48. The van der Waals surface area contributed by atoms with E-state index >= 15 is 0 Å². The molecule has 2 rings (SSSR count). The molecule has 102 valence electrons. The summed E-state index contributed by atoms with van der Waals surface area (Å²) in [7, 11) is 1.53. The molecule has 0 amide bonds. The molecule has 0 aromatic heterocycles. The SMILES string of the molecule is COc1ccc(CN2CCN(CC#N)CC2)c(F)c1. The zero-order valence-corrected chi connectivity index (χ0v) is 11.1. The summed E-state index contributed by atoms with van der Waals surface area (Å²) in [5.74, 6) is 0.318. The molecule has 1 aromatic carbocycles. The van der Waals surface area contributed by atoms with Gasteiger partial charge in [0.15, 0.2) is 0 Å². The Bertz CT molecular complexity index is 464. The summed E-state index contributed by atoms with van der Waals surface area (Å²) in [5.41, 5.74) is 0.689. The zero-order chi connectivity index (χ0) is 13.7. The monoisotopic (exact) mass is 263 g/mol. The van der Waals surface area contributed by atoms with Crippen LogP contribution < -0.4 is 4.74 Å². The van der Waals surface area contributed by atoms with Gasteiger partial charge in [-0.25, -0.2) is 4.39 Å². The molecule has 1 saturated heterocycles. The van der Waals surface area contributed by atoms with Crippen LogP contribution in [0, 0.1) is 17.1 Å². The van der Waals surface area contributed by atoms with Gasteiger partial charge in [0, 0.05) is 44.4 Å². The van der Waals surface area contributed by atoms with Gasteiger partial charge in [0.05, 0.1) is 19.7 Å². The van der Waals surface area contributed by atoms with Gasteiger partial charge >= 0.3 is 0 Å². The van der Waals surface area contributed by atoms with Crippen molar-refractivity contribution in [3.05, 3.63) is 29.6 Å². The number of piperazine rings is 1. The number of hydrogen-bond donors (Lipinski definition) is 0. The van der Waals surface area contributed by atoms with E-state index in [0.717, 1.165) is 26.2 Å². The van der Waals surface area contributed by atoms with Crippen LogP contribution in [-0.4, -0.2) is 49.6 Å². The molecule has 0 saturated carbocycles. The number of hydrogen-bond acceptors (Lipinski definition) is 4. The number of nitriles is 1. The first-order valence-electron chi connectivity index (χ1n) is 6.37. The Labute approximate surface area is 113 Å². The highest BCUT2D eigenvalue weighted by molar-refractivity contribution is 5.28. The van der Waals surface area contributed by atoms with E-state index < -0.39 is 0 Å². The summed E-state index contributed by atoms with van der Waals surface area (Å²) in [4.78, 5) is 4.32. The molecular formula is C14H18FN3O. The quantitative estimate of drug-likeness (QED) is 0.771. The van der Waals surface area contributed by atoms with Gasteiger partial charge in [-0.2, -0.15) is 5.26 Å². The maximum Gasteiger partial charge on any atom is 0.131 e. The van der Waals surface area contributed by atoms with Crippen LogP contribution in [0.2, 0.25) is 0 Å². The van der Waals surface area contributed by atoms with Crippen molar-refractivity contribution in [2.75, 3.05) is 39.8 Å². The topological polar surface area (TPSA) is 39.5 Å². The number of benzene rings is 1. The minimum atomic E-state index is -0.223. The van der Waals surface area contributed by atoms with Crippen molar-refractivity contribution in [3.63, 3.8) is 0 Å². The second-order valence-electron chi connectivity index (χ2n) is 4.67. The molecule has 1 heterocycles. The first kappa shape index (κ1) is 13.8. The molecule has 0 aliphatic carbocycles. The van der Waals surface area contributed by atoms with Crippen LogP contribution in [0.4, 0.5) is 4.39 Å². The minimum absolute atomic E-state index is 0.223. The Kier molecular flexibility index (Phi) is 4.72. The average Bonchev–Trinajstić information content (AvgIpc) is 2.43. The van der Waals surface area contributed by atoms with Gasteiger partial charge < -0.3 is 4.74 Å². The first-order valence-corrected chi connectivity index (χ1v) is 6.37. The van der Waals surface area contributed by atoms with E-state index in [0.29, 0.717) is 24.4 Å². The number of halogens is 1. The largest absolute Gasteiger partial charge is 0.497 e. The van der Waals surface area contributed by atoms with Crippen molar-refractivity contribution >= 4 is 0 Å². The molecule has 19 heavy (non-hydrogen) atoms. The number of nitrogens with zero attached hydrogens (tertiary/aromatic N) is 3. The van der Waals surface area contributed by atoms with Crippen molar-refractivity contribution in [2.45, 2.75) is 6.54 Å². The molecular weight excluding hydrogens is 245 g/mol. The van der Waals surface area contributed by atoms with Gasteiger partial charge in [-0.3, -0.25) is 9.80 Å². The van der Waals surface area contributed by atoms with E-state index in [9.17, 15) is 4.39 Å². The fourth-order valence-corrected chi connectivity index (χ4v) is 2.23. The fraction of sp³-hybridized carbons (Fsp3) is 0.500. The van der Waals surface area contributed by atoms with Crippen molar-refractivity contribution in [1.29, 1.82) is 5.26 Å². The van der Waals surface area contributed by atoms with Crippen molar-refractivity contribution in [2.24, 2.45) is 0 Å². The molecule has 1 fully saturated rings. The standard InChI is InChI=1S/C14H18FN3O/c1-19-13-3-2-12(14(15)10-13)11-18-8-6-17(5-4-16)7-9-18/h2-3,10H,5-9,11H2,1H3. The summed E-state index contributed by atoms with van der Waals surface area (Å²) >= 11 is 0. The zero-order valence-electron chi connectivity index (χ0n) is 11.1. The molecule has 0 bridgehead atoms. The van der Waals surface area contributed by atoms with Crippen LogP contribution in [0.5, 0.6) is 5.75 Å². The van der Waals surface area contributed by atoms with Gasteiger partial charge in [-0.15, -0.1) is 0 Å². The van der Waals surface area contributed by atoms with Gasteiger partial charge in [0.25, 0.3) is 0 Å². The maximum absolute atomic E-state index is 13.8. The highest BCUT2D eigenvalue weighted by Crippen LogP contribution is 2.18. The van der Waals surface area contributed by atoms with E-state index in [1.165, 1.54) is 13.2 Å². The Balaban J connectivity index is 1.91. The smallest absolute Gasteiger partial charge is 0.131 e. The predicted molar refractivity (Wildman–Crippen MR) is 70.3 cm³/mol. The third-order valence-electron chi connectivity index (χ3n) is 3.41. The molecule has 0 spiro atoms. The Morgan fingerprint density at radius 3 is 2.53 bits per heavy atom. The molecule has 1 aliphatic heterocycles. The van der Waals surface area contributed by atoms with Gasteiger partial charge in [-0.1, -0.05) is 6.07 Å². The molecule has 0 unspecified atom stereocenters. The van der Waals surface area contributed by atoms with Crippen LogP contribution in [0.3, 0.4) is 0 Å². The normalized spacial score (nSPS) is 17.1. The van der Waals surface area contributed by atoms with E-state index in [-0.39, 0.29) is 5.82 Å². The van der Waals surface area contributed by atoms with Crippen molar-refractivity contribution in [1.82, 2.24) is 9.80 Å². The van der Waals surface area contributed by atoms with Gasteiger partial charge in [0.2, 0.25) is 0 Å².